The van der Waals surface area contributed by atoms with E-state index in [-0.39, 0.29) is 25.2 Å². The molecule has 0 radical (unpaired) electrons. The summed E-state index contributed by atoms with van der Waals surface area (Å²) in [6, 6.07) is 0. The smallest absolute Gasteiger partial charge is 0.306 e. The van der Waals surface area contributed by atoms with Crippen molar-refractivity contribution in [2.75, 3.05) is 13.2 Å². The first-order chi connectivity index (χ1) is 40.6. The van der Waals surface area contributed by atoms with Crippen molar-refractivity contribution >= 4 is 11.9 Å². The Bertz CT molecular complexity index is 1390. The fourth-order valence-corrected chi connectivity index (χ4v) is 11.2. The van der Waals surface area contributed by atoms with Crippen LogP contribution in [0, 0.1) is 0 Å². The van der Waals surface area contributed by atoms with Crippen LogP contribution in [0.2, 0.25) is 0 Å². The molecule has 0 fully saturated rings. The van der Waals surface area contributed by atoms with Gasteiger partial charge in [0, 0.05) is 12.8 Å². The van der Waals surface area contributed by atoms with Gasteiger partial charge in [0.1, 0.15) is 6.61 Å². The molecule has 0 amide bonds. The summed E-state index contributed by atoms with van der Waals surface area (Å²) in [5, 5.41) is 9.71. The zero-order valence-corrected chi connectivity index (χ0v) is 55.3. The van der Waals surface area contributed by atoms with Gasteiger partial charge in [0.25, 0.3) is 0 Å². The van der Waals surface area contributed by atoms with Gasteiger partial charge in [-0.15, -0.1) is 0 Å². The lowest BCUT2D eigenvalue weighted by molar-refractivity contribution is -0.161. The number of carbonyl (C=O) groups is 2. The third kappa shape index (κ3) is 70.1. The standard InChI is InChI=1S/C77H142O5/c1-3-5-7-9-11-13-15-17-19-21-23-25-27-29-31-33-35-36-37-38-39-40-42-44-46-48-50-52-54-56-58-60-62-64-66-68-70-72-77(80)82-75(73-78)74-81-76(79)71-69-67-65-63-61-59-57-55-53-51-49-47-45-43-41-34-32-30-28-26-24-22-20-18-16-14-12-10-8-6-4-2/h15-18,21-24,27,29,75,78H,3-14,19-20,25-26,28,30-74H2,1-2H3/b17-15-,18-16-,23-21-,24-22-,29-27-. The molecule has 0 aliphatic heterocycles. The molecule has 0 aliphatic rings. The SMILES string of the molecule is CCCCCCC/C=C\C/C=C\C/C=C\CCCCCCCCCCCCCCCCCCCCCCCCC(=O)OC(CO)COC(=O)CCCCCCCCCCCCCCCCCCCCC/C=C\C/C=C\CCCCCCC. The van der Waals surface area contributed by atoms with E-state index in [2.05, 4.69) is 74.6 Å². The van der Waals surface area contributed by atoms with Gasteiger partial charge in [0.15, 0.2) is 6.10 Å². The quantitative estimate of drug-likeness (QED) is 0.0373. The van der Waals surface area contributed by atoms with E-state index in [1.54, 1.807) is 0 Å². The molecule has 0 spiro atoms. The number of ether oxygens (including phenoxy) is 2. The molecule has 82 heavy (non-hydrogen) atoms. The predicted molar refractivity (Wildman–Crippen MR) is 362 cm³/mol. The number of hydrogen-bond donors (Lipinski definition) is 1. The fourth-order valence-electron chi connectivity index (χ4n) is 11.2. The molecule has 480 valence electrons. The number of rotatable bonds is 69. The Morgan fingerprint density at radius 3 is 0.732 bits per heavy atom. The molecule has 1 atom stereocenters. The van der Waals surface area contributed by atoms with Gasteiger partial charge < -0.3 is 14.6 Å². The molecule has 0 aromatic rings. The average Bonchev–Trinajstić information content (AvgIpc) is 3.49. The number of hydrogen-bond acceptors (Lipinski definition) is 5. The van der Waals surface area contributed by atoms with Gasteiger partial charge in [-0.3, -0.25) is 9.59 Å². The van der Waals surface area contributed by atoms with E-state index in [1.807, 2.05) is 0 Å². The highest BCUT2D eigenvalue weighted by Crippen LogP contribution is 2.19. The van der Waals surface area contributed by atoms with Crippen LogP contribution in [0.5, 0.6) is 0 Å². The van der Waals surface area contributed by atoms with E-state index < -0.39 is 6.10 Å². The predicted octanol–water partition coefficient (Wildman–Crippen LogP) is 25.7. The Labute approximate surface area is 512 Å². The van der Waals surface area contributed by atoms with Gasteiger partial charge >= 0.3 is 11.9 Å². The molecule has 0 rings (SSSR count). The number of unbranched alkanes of at least 4 members (excludes halogenated alkanes) is 51. The zero-order valence-electron chi connectivity index (χ0n) is 55.3. The van der Waals surface area contributed by atoms with Crippen molar-refractivity contribution in [2.45, 2.75) is 405 Å². The van der Waals surface area contributed by atoms with Gasteiger partial charge in [-0.25, -0.2) is 0 Å². The highest BCUT2D eigenvalue weighted by Gasteiger charge is 2.16. The topological polar surface area (TPSA) is 72.8 Å². The lowest BCUT2D eigenvalue weighted by Crippen LogP contribution is -2.28. The van der Waals surface area contributed by atoms with Gasteiger partial charge in [0.05, 0.1) is 6.61 Å². The third-order valence-corrected chi connectivity index (χ3v) is 16.8. The summed E-state index contributed by atoms with van der Waals surface area (Å²) in [6.45, 7) is 4.17. The van der Waals surface area contributed by atoms with Crippen molar-refractivity contribution in [3.63, 3.8) is 0 Å². The molecule has 0 heterocycles. The molecule has 5 heteroatoms. The second kappa shape index (κ2) is 72.9. The number of carbonyl (C=O) groups excluding carboxylic acids is 2. The van der Waals surface area contributed by atoms with Crippen molar-refractivity contribution in [3.8, 4) is 0 Å². The first kappa shape index (κ1) is 79.6. The Morgan fingerprint density at radius 1 is 0.280 bits per heavy atom. The van der Waals surface area contributed by atoms with Crippen LogP contribution in [0.1, 0.15) is 399 Å². The van der Waals surface area contributed by atoms with E-state index in [4.69, 9.17) is 9.47 Å². The molecule has 0 aromatic carbocycles. The first-order valence-corrected chi connectivity index (χ1v) is 36.8. The van der Waals surface area contributed by atoms with Crippen LogP contribution in [0.15, 0.2) is 60.8 Å². The highest BCUT2D eigenvalue weighted by atomic mass is 16.6. The highest BCUT2D eigenvalue weighted by molar-refractivity contribution is 5.70. The molecule has 0 saturated heterocycles. The van der Waals surface area contributed by atoms with Crippen molar-refractivity contribution < 1.29 is 24.2 Å². The molecule has 1 unspecified atom stereocenters. The molecular weight excluding hydrogens is 1000 g/mol. The van der Waals surface area contributed by atoms with Gasteiger partial charge in [-0.05, 0) is 83.5 Å². The van der Waals surface area contributed by atoms with Crippen LogP contribution in [0.3, 0.4) is 0 Å². The summed E-state index contributed by atoms with van der Waals surface area (Å²) in [7, 11) is 0. The normalized spacial score (nSPS) is 12.5. The van der Waals surface area contributed by atoms with Crippen LogP contribution in [-0.2, 0) is 19.1 Å². The maximum atomic E-state index is 12.4. The summed E-state index contributed by atoms with van der Waals surface area (Å²) >= 11 is 0. The van der Waals surface area contributed by atoms with Crippen LogP contribution >= 0.6 is 0 Å². The second-order valence-electron chi connectivity index (χ2n) is 25.0. The Morgan fingerprint density at radius 2 is 0.488 bits per heavy atom. The van der Waals surface area contributed by atoms with Crippen molar-refractivity contribution in [1.29, 1.82) is 0 Å². The Kier molecular flexibility index (Phi) is 70.7. The van der Waals surface area contributed by atoms with Gasteiger partial charge in [0.2, 0.25) is 0 Å². The summed E-state index contributed by atoms with van der Waals surface area (Å²) in [5.41, 5.74) is 0. The minimum Gasteiger partial charge on any atom is -0.462 e. The van der Waals surface area contributed by atoms with E-state index in [9.17, 15) is 14.7 Å². The van der Waals surface area contributed by atoms with E-state index in [0.717, 1.165) is 57.8 Å². The van der Waals surface area contributed by atoms with Crippen LogP contribution in [-0.4, -0.2) is 36.4 Å². The monoisotopic (exact) mass is 1150 g/mol. The fraction of sp³-hybridized carbons (Fsp3) is 0.844. The van der Waals surface area contributed by atoms with Crippen LogP contribution in [0.25, 0.3) is 0 Å². The van der Waals surface area contributed by atoms with Crippen molar-refractivity contribution in [1.82, 2.24) is 0 Å². The summed E-state index contributed by atoms with van der Waals surface area (Å²) in [5.74, 6) is -0.568. The Balaban J connectivity index is 3.39. The van der Waals surface area contributed by atoms with Crippen molar-refractivity contribution in [2.24, 2.45) is 0 Å². The van der Waals surface area contributed by atoms with Gasteiger partial charge in [-0.1, -0.05) is 364 Å². The molecule has 0 bridgehead atoms. The average molecular weight is 1150 g/mol. The van der Waals surface area contributed by atoms with E-state index in [1.165, 1.54) is 315 Å². The summed E-state index contributed by atoms with van der Waals surface area (Å²) < 4.78 is 10.8. The minimum atomic E-state index is -0.772. The molecule has 5 nitrogen and oxygen atoms in total. The van der Waals surface area contributed by atoms with Gasteiger partial charge in [-0.2, -0.15) is 0 Å². The number of aliphatic hydroxyl groups is 1. The van der Waals surface area contributed by atoms with Crippen LogP contribution in [0.4, 0.5) is 0 Å². The Hall–Kier alpha value is -2.40. The zero-order chi connectivity index (χ0) is 59.1. The maximum absolute atomic E-state index is 12.4. The first-order valence-electron chi connectivity index (χ1n) is 36.8. The van der Waals surface area contributed by atoms with Crippen LogP contribution < -0.4 is 0 Å². The lowest BCUT2D eigenvalue weighted by atomic mass is 10.0. The third-order valence-electron chi connectivity index (χ3n) is 16.8. The van der Waals surface area contributed by atoms with E-state index in [0.29, 0.717) is 12.8 Å². The summed E-state index contributed by atoms with van der Waals surface area (Å²) in [6.07, 6.45) is 99.9. The summed E-state index contributed by atoms with van der Waals surface area (Å²) in [4.78, 5) is 24.7. The molecule has 1 N–H and O–H groups in total. The number of esters is 2. The molecular formula is C77H142O5. The van der Waals surface area contributed by atoms with E-state index >= 15 is 0 Å². The molecule has 0 aromatic heterocycles. The minimum absolute atomic E-state index is 0.0608. The largest absolute Gasteiger partial charge is 0.462 e. The number of allylic oxidation sites excluding steroid dienone is 10. The number of aliphatic hydroxyl groups excluding tert-OH is 1. The lowest BCUT2D eigenvalue weighted by Gasteiger charge is -2.15. The molecule has 0 aliphatic carbocycles. The molecule has 0 saturated carbocycles. The second-order valence-corrected chi connectivity index (χ2v) is 25.0. The van der Waals surface area contributed by atoms with Crippen molar-refractivity contribution in [3.05, 3.63) is 60.8 Å². The maximum Gasteiger partial charge on any atom is 0.306 e.